The van der Waals surface area contributed by atoms with E-state index in [1.807, 2.05) is 38.1 Å². The van der Waals surface area contributed by atoms with Gasteiger partial charge in [-0.15, -0.1) is 0 Å². The molecule has 0 aliphatic heterocycles. The van der Waals surface area contributed by atoms with Crippen LogP contribution in [-0.2, 0) is 12.8 Å². The molecule has 2 heterocycles. The minimum Gasteiger partial charge on any atom is -0.438 e. The first kappa shape index (κ1) is 21.8. The first-order chi connectivity index (χ1) is 14.4. The average molecular weight is 446 g/mol. The van der Waals surface area contributed by atoms with E-state index in [1.54, 1.807) is 0 Å². The number of carbonyl (C=O) groups is 1. The number of halogens is 2. The van der Waals surface area contributed by atoms with Crippen LogP contribution in [0.3, 0.4) is 0 Å². The van der Waals surface area contributed by atoms with Crippen molar-refractivity contribution < 1.29 is 9.53 Å². The second kappa shape index (κ2) is 9.73. The predicted molar refractivity (Wildman–Crippen MR) is 118 cm³/mol. The number of pyridine rings is 1. The lowest BCUT2D eigenvalue weighted by molar-refractivity contribution is 0.1000. The lowest BCUT2D eigenvalue weighted by Crippen LogP contribution is -2.11. The zero-order chi connectivity index (χ0) is 21.7. The number of anilines is 1. The average Bonchev–Trinajstić information content (AvgIpc) is 2.72. The summed E-state index contributed by atoms with van der Waals surface area (Å²) in [6.07, 6.45) is 2.85. The van der Waals surface area contributed by atoms with Crippen molar-refractivity contribution in [3.63, 3.8) is 0 Å². The molecule has 0 fully saturated rings. The van der Waals surface area contributed by atoms with Crippen LogP contribution in [0.2, 0.25) is 10.0 Å². The van der Waals surface area contributed by atoms with Crippen molar-refractivity contribution in [2.45, 2.75) is 26.7 Å². The highest BCUT2D eigenvalue weighted by molar-refractivity contribution is 6.33. The van der Waals surface area contributed by atoms with Crippen LogP contribution in [0, 0.1) is 6.92 Å². The Morgan fingerprint density at radius 1 is 1.20 bits per heavy atom. The Morgan fingerprint density at radius 2 is 1.93 bits per heavy atom. The predicted octanol–water partition coefficient (Wildman–Crippen LogP) is 4.60. The molecule has 0 atom stereocenters. The molecule has 7 nitrogen and oxygen atoms in total. The summed E-state index contributed by atoms with van der Waals surface area (Å²) >= 11 is 12.5. The number of rotatable bonds is 8. The van der Waals surface area contributed by atoms with Crippen molar-refractivity contribution in [1.82, 2.24) is 15.0 Å². The second-order valence-corrected chi connectivity index (χ2v) is 7.32. The van der Waals surface area contributed by atoms with E-state index >= 15 is 0 Å². The fourth-order valence-corrected chi connectivity index (χ4v) is 3.25. The Labute approximate surface area is 184 Å². The van der Waals surface area contributed by atoms with Crippen molar-refractivity contribution in [3.8, 4) is 11.6 Å². The molecule has 2 aromatic heterocycles. The SMILES string of the molecule is CCc1nc(C)nc(NCCc2ccc(Oc3ncc(C(N)=O)cc3Cl)cc2)c1Cl. The van der Waals surface area contributed by atoms with Crippen molar-refractivity contribution >= 4 is 34.9 Å². The number of nitrogens with one attached hydrogen (secondary N) is 1. The van der Waals surface area contributed by atoms with E-state index in [2.05, 4.69) is 20.3 Å². The summed E-state index contributed by atoms with van der Waals surface area (Å²) in [6, 6.07) is 8.98. The lowest BCUT2D eigenvalue weighted by Gasteiger charge is -2.11. The van der Waals surface area contributed by atoms with Gasteiger partial charge in [-0.3, -0.25) is 4.79 Å². The number of hydrogen-bond acceptors (Lipinski definition) is 6. The van der Waals surface area contributed by atoms with Crippen LogP contribution in [0.25, 0.3) is 0 Å². The molecule has 0 unspecified atom stereocenters. The molecule has 1 aromatic carbocycles. The normalized spacial score (nSPS) is 10.7. The molecule has 1 amide bonds. The fourth-order valence-electron chi connectivity index (χ4n) is 2.76. The molecule has 0 saturated carbocycles. The number of hydrogen-bond donors (Lipinski definition) is 2. The Morgan fingerprint density at radius 3 is 2.57 bits per heavy atom. The highest BCUT2D eigenvalue weighted by Gasteiger charge is 2.11. The van der Waals surface area contributed by atoms with E-state index in [4.69, 9.17) is 33.7 Å². The summed E-state index contributed by atoms with van der Waals surface area (Å²) in [5.74, 6) is 1.53. The topological polar surface area (TPSA) is 103 Å². The molecule has 3 rings (SSSR count). The molecule has 0 aliphatic rings. The molecule has 0 spiro atoms. The van der Waals surface area contributed by atoms with Crippen molar-refractivity contribution in [1.29, 1.82) is 0 Å². The van der Waals surface area contributed by atoms with Crippen LogP contribution < -0.4 is 15.8 Å². The van der Waals surface area contributed by atoms with Gasteiger partial charge in [-0.25, -0.2) is 15.0 Å². The molecular weight excluding hydrogens is 425 g/mol. The molecule has 30 heavy (non-hydrogen) atoms. The van der Waals surface area contributed by atoms with Crippen LogP contribution in [0.4, 0.5) is 5.82 Å². The van der Waals surface area contributed by atoms with E-state index < -0.39 is 5.91 Å². The fraction of sp³-hybridized carbons (Fsp3) is 0.238. The van der Waals surface area contributed by atoms with Gasteiger partial charge in [0.2, 0.25) is 11.8 Å². The van der Waals surface area contributed by atoms with Gasteiger partial charge >= 0.3 is 0 Å². The molecule has 0 aliphatic carbocycles. The maximum absolute atomic E-state index is 11.2. The Hall–Kier alpha value is -2.90. The van der Waals surface area contributed by atoms with Crippen molar-refractivity contribution in [2.75, 3.05) is 11.9 Å². The third kappa shape index (κ3) is 5.37. The third-order valence-corrected chi connectivity index (χ3v) is 4.97. The molecule has 156 valence electrons. The van der Waals surface area contributed by atoms with Gasteiger partial charge < -0.3 is 15.8 Å². The monoisotopic (exact) mass is 445 g/mol. The minimum atomic E-state index is -0.599. The van der Waals surface area contributed by atoms with Crippen LogP contribution in [0.5, 0.6) is 11.6 Å². The van der Waals surface area contributed by atoms with E-state index in [-0.39, 0.29) is 16.5 Å². The number of nitrogens with zero attached hydrogens (tertiary/aromatic N) is 3. The largest absolute Gasteiger partial charge is 0.438 e. The van der Waals surface area contributed by atoms with E-state index in [1.165, 1.54) is 12.3 Å². The molecule has 3 N–H and O–H groups in total. The highest BCUT2D eigenvalue weighted by Crippen LogP contribution is 2.28. The number of carbonyl (C=O) groups excluding carboxylic acids is 1. The molecule has 0 saturated heterocycles. The Bertz CT molecular complexity index is 1060. The van der Waals surface area contributed by atoms with Crippen molar-refractivity contribution in [2.24, 2.45) is 5.73 Å². The van der Waals surface area contributed by atoms with Crippen LogP contribution in [-0.4, -0.2) is 27.4 Å². The Kier molecular flexibility index (Phi) is 7.07. The van der Waals surface area contributed by atoms with Gasteiger partial charge in [-0.05, 0) is 43.5 Å². The number of ether oxygens (including phenoxy) is 1. The van der Waals surface area contributed by atoms with Crippen LogP contribution >= 0.6 is 23.2 Å². The number of primary amides is 1. The third-order valence-electron chi connectivity index (χ3n) is 4.30. The molecule has 0 radical (unpaired) electrons. The minimum absolute atomic E-state index is 0.205. The zero-order valence-electron chi connectivity index (χ0n) is 16.6. The highest BCUT2D eigenvalue weighted by atomic mass is 35.5. The summed E-state index contributed by atoms with van der Waals surface area (Å²) in [4.78, 5) is 23.9. The van der Waals surface area contributed by atoms with Gasteiger partial charge in [0, 0.05) is 12.7 Å². The van der Waals surface area contributed by atoms with Gasteiger partial charge in [0.05, 0.1) is 11.3 Å². The van der Waals surface area contributed by atoms with Gasteiger partial charge in [0.25, 0.3) is 0 Å². The molecule has 9 heteroatoms. The summed E-state index contributed by atoms with van der Waals surface area (Å²) < 4.78 is 5.68. The number of amides is 1. The van der Waals surface area contributed by atoms with Crippen LogP contribution in [0.15, 0.2) is 36.5 Å². The lowest BCUT2D eigenvalue weighted by atomic mass is 10.1. The van der Waals surface area contributed by atoms with E-state index in [9.17, 15) is 4.79 Å². The first-order valence-electron chi connectivity index (χ1n) is 9.36. The number of nitrogens with two attached hydrogens (primary N) is 1. The molecule has 3 aromatic rings. The summed E-state index contributed by atoms with van der Waals surface area (Å²) in [6.45, 7) is 4.53. The molecular formula is C21H21Cl2N5O2. The summed E-state index contributed by atoms with van der Waals surface area (Å²) in [7, 11) is 0. The van der Waals surface area contributed by atoms with E-state index in [0.29, 0.717) is 29.0 Å². The standard InChI is InChI=1S/C21H21Cl2N5O2/c1-3-17-18(23)20(28-12(2)27-17)25-9-8-13-4-6-15(7-5-13)30-21-16(22)10-14(11-26-21)19(24)29/h4-7,10-11H,3,8-9H2,1-2H3,(H2,24,29)(H,25,27,28). The molecule has 0 bridgehead atoms. The number of aromatic nitrogens is 3. The second-order valence-electron chi connectivity index (χ2n) is 6.53. The maximum Gasteiger partial charge on any atom is 0.250 e. The first-order valence-corrected chi connectivity index (χ1v) is 10.1. The maximum atomic E-state index is 11.2. The quantitative estimate of drug-likeness (QED) is 0.525. The summed E-state index contributed by atoms with van der Waals surface area (Å²) in [5.41, 5.74) is 7.38. The van der Waals surface area contributed by atoms with Gasteiger partial charge in [0.1, 0.15) is 27.4 Å². The van der Waals surface area contributed by atoms with Crippen molar-refractivity contribution in [3.05, 3.63) is 69.2 Å². The van der Waals surface area contributed by atoms with Gasteiger partial charge in [-0.2, -0.15) is 0 Å². The van der Waals surface area contributed by atoms with E-state index in [0.717, 1.165) is 24.1 Å². The zero-order valence-corrected chi connectivity index (χ0v) is 18.1. The Balaban J connectivity index is 1.59. The smallest absolute Gasteiger partial charge is 0.250 e. The van der Waals surface area contributed by atoms with Gasteiger partial charge in [-0.1, -0.05) is 42.3 Å². The number of aryl methyl sites for hydroxylation is 2. The van der Waals surface area contributed by atoms with Crippen LogP contribution in [0.1, 0.15) is 34.4 Å². The van der Waals surface area contributed by atoms with Gasteiger partial charge in [0.15, 0.2) is 0 Å². The number of benzene rings is 1. The summed E-state index contributed by atoms with van der Waals surface area (Å²) in [5, 5.41) is 4.05.